The van der Waals surface area contributed by atoms with E-state index in [0.29, 0.717) is 41.9 Å². The number of hydrogen-bond donors (Lipinski definition) is 1. The molecule has 0 bridgehead atoms. The second kappa shape index (κ2) is 8.90. The molecule has 3 aromatic rings. The minimum atomic E-state index is -0.323. The first-order valence-electron chi connectivity index (χ1n) is 8.78. The van der Waals surface area contributed by atoms with E-state index in [4.69, 9.17) is 14.2 Å². The van der Waals surface area contributed by atoms with Gasteiger partial charge in [0.15, 0.2) is 11.5 Å². The van der Waals surface area contributed by atoms with Crippen molar-refractivity contribution in [3.8, 4) is 17.4 Å². The highest BCUT2D eigenvalue weighted by Gasteiger charge is 2.17. The Morgan fingerprint density at radius 1 is 1.11 bits per heavy atom. The average Bonchev–Trinajstić information content (AvgIpc) is 3.14. The minimum absolute atomic E-state index is 0.294. The fourth-order valence-electron chi connectivity index (χ4n) is 2.80. The maximum Gasteiger partial charge on any atom is 0.262 e. The van der Waals surface area contributed by atoms with Crippen molar-refractivity contribution >= 4 is 11.7 Å². The van der Waals surface area contributed by atoms with Crippen LogP contribution in [0.1, 0.15) is 22.8 Å². The Bertz CT molecular complexity index is 955. The zero-order chi connectivity index (χ0) is 19.9. The maximum absolute atomic E-state index is 12.7. The summed E-state index contributed by atoms with van der Waals surface area (Å²) in [6.07, 6.45) is 3.20. The van der Waals surface area contributed by atoms with Crippen LogP contribution in [-0.2, 0) is 6.54 Å². The molecule has 8 nitrogen and oxygen atoms in total. The number of hydrogen-bond acceptors (Lipinski definition) is 6. The van der Waals surface area contributed by atoms with Crippen molar-refractivity contribution in [2.24, 2.45) is 0 Å². The van der Waals surface area contributed by atoms with Gasteiger partial charge >= 0.3 is 0 Å². The highest BCUT2D eigenvalue weighted by Crippen LogP contribution is 2.31. The number of nitrogens with zero attached hydrogens (tertiary/aromatic N) is 3. The third kappa shape index (κ3) is 4.06. The maximum atomic E-state index is 12.7. The molecule has 0 fully saturated rings. The standard InChI is InChI=1S/C20H22N4O4/c1-4-28-20-15(8-6-11-21-20)19(25)23-17-10-12-22-24(17)13-14-7-5-9-16(26-2)18(14)27-3/h5-12H,4,13H2,1-3H3,(H,23,25). The first-order valence-corrected chi connectivity index (χ1v) is 8.78. The topological polar surface area (TPSA) is 87.5 Å². The van der Waals surface area contributed by atoms with Crippen molar-refractivity contribution in [3.05, 3.63) is 59.9 Å². The van der Waals surface area contributed by atoms with Gasteiger partial charge in [-0.05, 0) is 25.1 Å². The van der Waals surface area contributed by atoms with E-state index in [1.54, 1.807) is 49.5 Å². The minimum Gasteiger partial charge on any atom is -0.493 e. The number of aromatic nitrogens is 3. The summed E-state index contributed by atoms with van der Waals surface area (Å²) < 4.78 is 17.9. The number of anilines is 1. The summed E-state index contributed by atoms with van der Waals surface area (Å²) >= 11 is 0. The highest BCUT2D eigenvalue weighted by molar-refractivity contribution is 6.05. The van der Waals surface area contributed by atoms with Crippen LogP contribution in [0, 0.1) is 0 Å². The van der Waals surface area contributed by atoms with Gasteiger partial charge in [0.25, 0.3) is 5.91 Å². The normalized spacial score (nSPS) is 10.4. The van der Waals surface area contributed by atoms with Crippen LogP contribution in [-0.4, -0.2) is 41.5 Å². The second-order valence-corrected chi connectivity index (χ2v) is 5.77. The van der Waals surface area contributed by atoms with Gasteiger partial charge in [-0.2, -0.15) is 5.10 Å². The molecule has 0 unspecified atom stereocenters. The molecular formula is C20H22N4O4. The van der Waals surface area contributed by atoms with Gasteiger partial charge in [0, 0.05) is 17.8 Å². The van der Waals surface area contributed by atoms with Crippen molar-refractivity contribution in [1.82, 2.24) is 14.8 Å². The molecule has 2 heterocycles. The number of para-hydroxylation sites is 1. The van der Waals surface area contributed by atoms with Crippen LogP contribution in [0.25, 0.3) is 0 Å². The van der Waals surface area contributed by atoms with Crippen molar-refractivity contribution in [2.75, 3.05) is 26.1 Å². The smallest absolute Gasteiger partial charge is 0.262 e. The van der Waals surface area contributed by atoms with E-state index >= 15 is 0 Å². The molecule has 0 saturated heterocycles. The van der Waals surface area contributed by atoms with E-state index < -0.39 is 0 Å². The monoisotopic (exact) mass is 382 g/mol. The Balaban J connectivity index is 1.83. The van der Waals surface area contributed by atoms with E-state index in [2.05, 4.69) is 15.4 Å². The van der Waals surface area contributed by atoms with Crippen molar-refractivity contribution in [2.45, 2.75) is 13.5 Å². The molecule has 146 valence electrons. The molecule has 1 N–H and O–H groups in total. The molecule has 0 aliphatic carbocycles. The average molecular weight is 382 g/mol. The molecule has 2 aromatic heterocycles. The number of ether oxygens (including phenoxy) is 3. The predicted molar refractivity (Wildman–Crippen MR) is 104 cm³/mol. The summed E-state index contributed by atoms with van der Waals surface area (Å²) in [5.41, 5.74) is 1.23. The number of carbonyl (C=O) groups is 1. The Morgan fingerprint density at radius 3 is 2.71 bits per heavy atom. The molecule has 0 aliphatic rings. The van der Waals surface area contributed by atoms with Gasteiger partial charge in [-0.3, -0.25) is 4.79 Å². The number of pyridine rings is 1. The fraction of sp³-hybridized carbons (Fsp3) is 0.250. The van der Waals surface area contributed by atoms with Crippen LogP contribution in [0.3, 0.4) is 0 Å². The van der Waals surface area contributed by atoms with Gasteiger partial charge in [-0.15, -0.1) is 0 Å². The van der Waals surface area contributed by atoms with E-state index in [-0.39, 0.29) is 5.91 Å². The van der Waals surface area contributed by atoms with Gasteiger partial charge in [0.2, 0.25) is 5.88 Å². The molecule has 0 saturated carbocycles. The van der Waals surface area contributed by atoms with Gasteiger partial charge in [-0.25, -0.2) is 9.67 Å². The molecule has 0 atom stereocenters. The van der Waals surface area contributed by atoms with Crippen LogP contribution >= 0.6 is 0 Å². The molecule has 0 radical (unpaired) electrons. The lowest BCUT2D eigenvalue weighted by molar-refractivity contribution is 0.102. The second-order valence-electron chi connectivity index (χ2n) is 5.77. The Kier molecular flexibility index (Phi) is 6.11. The molecule has 0 aliphatic heterocycles. The van der Waals surface area contributed by atoms with E-state index in [1.807, 2.05) is 25.1 Å². The summed E-state index contributed by atoms with van der Waals surface area (Å²) in [4.78, 5) is 16.8. The van der Waals surface area contributed by atoms with Crippen molar-refractivity contribution < 1.29 is 19.0 Å². The molecule has 8 heteroatoms. The first-order chi connectivity index (χ1) is 13.7. The number of amides is 1. The summed E-state index contributed by atoms with van der Waals surface area (Å²) in [7, 11) is 3.18. The molecule has 3 rings (SSSR count). The third-order valence-corrected chi connectivity index (χ3v) is 4.06. The largest absolute Gasteiger partial charge is 0.493 e. The Morgan fingerprint density at radius 2 is 1.96 bits per heavy atom. The highest BCUT2D eigenvalue weighted by atomic mass is 16.5. The fourth-order valence-corrected chi connectivity index (χ4v) is 2.80. The summed E-state index contributed by atoms with van der Waals surface area (Å²) in [6.45, 7) is 2.66. The molecule has 1 amide bonds. The lowest BCUT2D eigenvalue weighted by atomic mass is 10.2. The quantitative estimate of drug-likeness (QED) is 0.644. The number of nitrogens with one attached hydrogen (secondary N) is 1. The molecule has 1 aromatic carbocycles. The lowest BCUT2D eigenvalue weighted by Gasteiger charge is -2.14. The van der Waals surface area contributed by atoms with Crippen molar-refractivity contribution in [3.63, 3.8) is 0 Å². The Hall–Kier alpha value is -3.55. The zero-order valence-corrected chi connectivity index (χ0v) is 16.0. The predicted octanol–water partition coefficient (Wildman–Crippen LogP) is 2.99. The van der Waals surface area contributed by atoms with Gasteiger partial charge in [0.05, 0.1) is 33.6 Å². The first kappa shape index (κ1) is 19.2. The summed E-state index contributed by atoms with van der Waals surface area (Å²) in [5, 5.41) is 7.17. The van der Waals surface area contributed by atoms with Gasteiger partial charge < -0.3 is 19.5 Å². The van der Waals surface area contributed by atoms with Crippen LogP contribution in [0.4, 0.5) is 5.82 Å². The molecular weight excluding hydrogens is 360 g/mol. The third-order valence-electron chi connectivity index (χ3n) is 4.06. The number of methoxy groups -OCH3 is 2. The van der Waals surface area contributed by atoms with Crippen LogP contribution in [0.15, 0.2) is 48.8 Å². The van der Waals surface area contributed by atoms with Crippen molar-refractivity contribution in [1.29, 1.82) is 0 Å². The van der Waals surface area contributed by atoms with E-state index in [1.165, 1.54) is 0 Å². The van der Waals surface area contributed by atoms with Crippen LogP contribution in [0.2, 0.25) is 0 Å². The van der Waals surface area contributed by atoms with Crippen LogP contribution < -0.4 is 19.5 Å². The van der Waals surface area contributed by atoms with E-state index in [0.717, 1.165) is 5.56 Å². The van der Waals surface area contributed by atoms with E-state index in [9.17, 15) is 4.79 Å². The summed E-state index contributed by atoms with van der Waals surface area (Å²) in [6, 6.07) is 10.7. The zero-order valence-electron chi connectivity index (χ0n) is 16.0. The Labute approximate surface area is 163 Å². The van der Waals surface area contributed by atoms with Crippen LogP contribution in [0.5, 0.6) is 17.4 Å². The SMILES string of the molecule is CCOc1ncccc1C(=O)Nc1ccnn1Cc1cccc(OC)c1OC. The lowest BCUT2D eigenvalue weighted by Crippen LogP contribution is -2.18. The molecule has 0 spiro atoms. The van der Waals surface area contributed by atoms with Gasteiger partial charge in [-0.1, -0.05) is 12.1 Å². The van der Waals surface area contributed by atoms with Gasteiger partial charge in [0.1, 0.15) is 11.4 Å². The number of rotatable bonds is 8. The molecule has 28 heavy (non-hydrogen) atoms. The summed E-state index contributed by atoms with van der Waals surface area (Å²) in [5.74, 6) is 1.78. The number of benzene rings is 1. The number of carbonyl (C=O) groups excluding carboxylic acids is 1.